The minimum atomic E-state index is -3.58. The normalized spacial score (nSPS) is 17.5. The fraction of sp³-hybridized carbons (Fsp3) is 0.500. The highest BCUT2D eigenvalue weighted by Crippen LogP contribution is 2.21. The van der Waals surface area contributed by atoms with Gasteiger partial charge in [0.2, 0.25) is 10.0 Å². The van der Waals surface area contributed by atoms with Crippen molar-refractivity contribution in [3.63, 3.8) is 0 Å². The standard InChI is InChI=1S/C18H27N7O3S.HI/c1-3-20-18(21-7-8-23-29(26,27)16-5-4-6-19-12-16)25-9-10-28-17(14-25)15-11-22-24(2)13-15;/h4-6,11-13,17,23H,3,7-10,14H2,1-2H3,(H,20,21);1H. The Morgan fingerprint density at radius 1 is 1.40 bits per heavy atom. The Labute approximate surface area is 194 Å². The molecule has 1 fully saturated rings. The van der Waals surface area contributed by atoms with Crippen LogP contribution in [0.15, 0.2) is 46.8 Å². The van der Waals surface area contributed by atoms with E-state index in [1.165, 1.54) is 18.5 Å². The van der Waals surface area contributed by atoms with Gasteiger partial charge in [0, 0.05) is 50.8 Å². The molecule has 166 valence electrons. The maximum absolute atomic E-state index is 12.3. The number of morpholine rings is 1. The number of hydrogen-bond donors (Lipinski definition) is 2. The number of nitrogens with zero attached hydrogens (tertiary/aromatic N) is 5. The number of guanidine groups is 1. The van der Waals surface area contributed by atoms with Crippen LogP contribution in [0.5, 0.6) is 0 Å². The van der Waals surface area contributed by atoms with Gasteiger partial charge in [0.1, 0.15) is 11.0 Å². The first-order chi connectivity index (χ1) is 14.0. The Morgan fingerprint density at radius 2 is 2.23 bits per heavy atom. The predicted molar refractivity (Wildman–Crippen MR) is 124 cm³/mol. The summed E-state index contributed by atoms with van der Waals surface area (Å²) >= 11 is 0. The molecule has 2 N–H and O–H groups in total. The van der Waals surface area contributed by atoms with E-state index in [0.717, 1.165) is 18.1 Å². The third-order valence-electron chi connectivity index (χ3n) is 4.41. The van der Waals surface area contributed by atoms with Gasteiger partial charge in [-0.05, 0) is 19.1 Å². The average Bonchev–Trinajstić information content (AvgIpc) is 3.17. The number of hydrogen-bond acceptors (Lipinski definition) is 6. The first kappa shape index (κ1) is 24.5. The number of sulfonamides is 1. The van der Waals surface area contributed by atoms with Gasteiger partial charge < -0.3 is 15.0 Å². The smallest absolute Gasteiger partial charge is 0.242 e. The van der Waals surface area contributed by atoms with Crippen molar-refractivity contribution >= 4 is 40.0 Å². The van der Waals surface area contributed by atoms with Crippen molar-refractivity contribution in [2.45, 2.75) is 17.9 Å². The van der Waals surface area contributed by atoms with Crippen LogP contribution >= 0.6 is 24.0 Å². The van der Waals surface area contributed by atoms with Crippen LogP contribution < -0.4 is 10.0 Å². The second-order valence-electron chi connectivity index (χ2n) is 6.57. The van der Waals surface area contributed by atoms with Crippen LogP contribution in [0.2, 0.25) is 0 Å². The van der Waals surface area contributed by atoms with E-state index in [1.807, 2.05) is 26.4 Å². The van der Waals surface area contributed by atoms with Crippen molar-refractivity contribution in [3.8, 4) is 0 Å². The van der Waals surface area contributed by atoms with E-state index >= 15 is 0 Å². The van der Waals surface area contributed by atoms with E-state index < -0.39 is 10.0 Å². The monoisotopic (exact) mass is 549 g/mol. The number of pyridine rings is 1. The van der Waals surface area contributed by atoms with E-state index in [0.29, 0.717) is 26.2 Å². The molecule has 0 radical (unpaired) electrons. The van der Waals surface area contributed by atoms with E-state index in [1.54, 1.807) is 10.7 Å². The molecule has 12 heteroatoms. The van der Waals surface area contributed by atoms with Crippen molar-refractivity contribution < 1.29 is 13.2 Å². The number of ether oxygens (including phenoxy) is 1. The average molecular weight is 549 g/mol. The lowest BCUT2D eigenvalue weighted by molar-refractivity contribution is -0.00803. The number of nitrogens with one attached hydrogen (secondary N) is 2. The summed E-state index contributed by atoms with van der Waals surface area (Å²) < 4.78 is 34.7. The van der Waals surface area contributed by atoms with E-state index in [2.05, 4.69) is 30.0 Å². The Balaban J connectivity index is 0.00000320. The second-order valence-corrected chi connectivity index (χ2v) is 8.34. The summed E-state index contributed by atoms with van der Waals surface area (Å²) in [6, 6.07) is 3.10. The summed E-state index contributed by atoms with van der Waals surface area (Å²) in [7, 11) is -1.71. The molecule has 30 heavy (non-hydrogen) atoms. The third-order valence-corrected chi connectivity index (χ3v) is 5.85. The molecule has 2 aromatic heterocycles. The number of rotatable bonds is 7. The summed E-state index contributed by atoms with van der Waals surface area (Å²) in [5.74, 6) is 0.741. The van der Waals surface area contributed by atoms with Crippen molar-refractivity contribution in [1.29, 1.82) is 0 Å². The molecular formula is C18H28IN7O3S. The van der Waals surface area contributed by atoms with Crippen molar-refractivity contribution in [2.24, 2.45) is 12.0 Å². The molecule has 0 amide bonds. The molecule has 1 saturated heterocycles. The van der Waals surface area contributed by atoms with Crippen LogP contribution in [-0.2, 0) is 21.8 Å². The molecule has 2 aromatic rings. The second kappa shape index (κ2) is 11.6. The lowest BCUT2D eigenvalue weighted by Crippen LogP contribution is -2.48. The molecule has 0 aromatic carbocycles. The molecule has 10 nitrogen and oxygen atoms in total. The quantitative estimate of drug-likeness (QED) is 0.227. The topological polar surface area (TPSA) is 114 Å². The van der Waals surface area contributed by atoms with Gasteiger partial charge in [0.25, 0.3) is 0 Å². The van der Waals surface area contributed by atoms with Gasteiger partial charge in [-0.25, -0.2) is 13.1 Å². The van der Waals surface area contributed by atoms with Crippen LogP contribution in [0.4, 0.5) is 0 Å². The van der Waals surface area contributed by atoms with Crippen LogP contribution in [0.25, 0.3) is 0 Å². The van der Waals surface area contributed by atoms with E-state index in [4.69, 9.17) is 4.74 Å². The lowest BCUT2D eigenvalue weighted by atomic mass is 10.1. The Bertz CT molecular complexity index is 921. The van der Waals surface area contributed by atoms with E-state index in [9.17, 15) is 8.42 Å². The maximum Gasteiger partial charge on any atom is 0.242 e. The first-order valence-corrected chi connectivity index (χ1v) is 11.0. The maximum atomic E-state index is 12.3. The minimum absolute atomic E-state index is 0. The molecule has 1 atom stereocenters. The molecule has 0 bridgehead atoms. The molecule has 0 aliphatic carbocycles. The molecule has 1 unspecified atom stereocenters. The van der Waals surface area contributed by atoms with Gasteiger partial charge in [-0.2, -0.15) is 5.10 Å². The Morgan fingerprint density at radius 3 is 2.90 bits per heavy atom. The van der Waals surface area contributed by atoms with Crippen LogP contribution in [0.1, 0.15) is 18.6 Å². The molecular weight excluding hydrogens is 521 g/mol. The van der Waals surface area contributed by atoms with Gasteiger partial charge in [-0.1, -0.05) is 0 Å². The lowest BCUT2D eigenvalue weighted by Gasteiger charge is -2.34. The van der Waals surface area contributed by atoms with Crippen LogP contribution in [0.3, 0.4) is 0 Å². The van der Waals surface area contributed by atoms with Crippen LogP contribution in [-0.4, -0.2) is 73.4 Å². The van der Waals surface area contributed by atoms with Gasteiger partial charge >= 0.3 is 0 Å². The zero-order chi connectivity index (χ0) is 20.7. The number of aliphatic imine (C=N–C) groups is 1. The third kappa shape index (κ3) is 6.62. The van der Waals surface area contributed by atoms with Crippen molar-refractivity contribution in [1.82, 2.24) is 29.7 Å². The molecule has 1 aliphatic rings. The zero-order valence-electron chi connectivity index (χ0n) is 17.1. The molecule has 0 saturated carbocycles. The molecule has 3 heterocycles. The number of halogens is 1. The SMILES string of the molecule is CCNC(=NCCNS(=O)(=O)c1cccnc1)N1CCOC(c2cnn(C)c2)C1.I. The fourth-order valence-electron chi connectivity index (χ4n) is 3.01. The zero-order valence-corrected chi connectivity index (χ0v) is 20.2. The Hall–Kier alpha value is -1.77. The molecule has 1 aliphatic heterocycles. The summed E-state index contributed by atoms with van der Waals surface area (Å²) in [5, 5.41) is 7.48. The fourth-order valence-corrected chi connectivity index (χ4v) is 3.99. The van der Waals surface area contributed by atoms with Gasteiger partial charge in [0.15, 0.2) is 5.96 Å². The first-order valence-electron chi connectivity index (χ1n) is 9.52. The highest BCUT2D eigenvalue weighted by atomic mass is 127. The summed E-state index contributed by atoms with van der Waals surface area (Å²) in [6.07, 6.45) is 6.54. The van der Waals surface area contributed by atoms with Crippen LogP contribution in [0, 0.1) is 0 Å². The summed E-state index contributed by atoms with van der Waals surface area (Å²) in [4.78, 5) is 10.7. The summed E-state index contributed by atoms with van der Waals surface area (Å²) in [6.45, 7) is 5.18. The number of aromatic nitrogens is 3. The molecule has 0 spiro atoms. The molecule has 3 rings (SSSR count). The van der Waals surface area contributed by atoms with Crippen molar-refractivity contribution in [3.05, 3.63) is 42.5 Å². The highest BCUT2D eigenvalue weighted by Gasteiger charge is 2.25. The van der Waals surface area contributed by atoms with Gasteiger partial charge in [-0.15, -0.1) is 24.0 Å². The van der Waals surface area contributed by atoms with E-state index in [-0.39, 0.29) is 41.5 Å². The van der Waals surface area contributed by atoms with Gasteiger partial charge in [0.05, 0.1) is 25.9 Å². The highest BCUT2D eigenvalue weighted by molar-refractivity contribution is 14.0. The largest absolute Gasteiger partial charge is 0.370 e. The predicted octanol–water partition coefficient (Wildman–Crippen LogP) is 0.750. The van der Waals surface area contributed by atoms with Crippen molar-refractivity contribution in [2.75, 3.05) is 39.3 Å². The summed E-state index contributed by atoms with van der Waals surface area (Å²) in [5.41, 5.74) is 1.03. The van der Waals surface area contributed by atoms with Gasteiger partial charge in [-0.3, -0.25) is 14.7 Å². The number of aryl methyl sites for hydroxylation is 1. The minimum Gasteiger partial charge on any atom is -0.370 e. The Kier molecular flexibility index (Phi) is 9.45.